The molecule has 1 aromatic heterocycles. The fourth-order valence-corrected chi connectivity index (χ4v) is 4.19. The molecule has 0 atom stereocenters. The van der Waals surface area contributed by atoms with E-state index in [9.17, 15) is 9.90 Å². The number of benzene rings is 2. The third-order valence-corrected chi connectivity index (χ3v) is 5.12. The summed E-state index contributed by atoms with van der Waals surface area (Å²) in [6.45, 7) is 0. The first-order valence-electron chi connectivity index (χ1n) is 7.67. The molecule has 2 N–H and O–H groups in total. The molecular formula is C19H12Cl3NO2. The third kappa shape index (κ3) is 2.82. The van der Waals surface area contributed by atoms with Crippen molar-refractivity contribution in [2.24, 2.45) is 0 Å². The number of aromatic amines is 1. The Morgan fingerprint density at radius 2 is 1.68 bits per heavy atom. The summed E-state index contributed by atoms with van der Waals surface area (Å²) in [5, 5.41) is 11.3. The van der Waals surface area contributed by atoms with Gasteiger partial charge in [-0.2, -0.15) is 0 Å². The molecule has 25 heavy (non-hydrogen) atoms. The number of carboxylic acids is 1. The highest BCUT2D eigenvalue weighted by Gasteiger charge is 2.27. The topological polar surface area (TPSA) is 53.1 Å². The van der Waals surface area contributed by atoms with Crippen molar-refractivity contribution in [2.45, 2.75) is 12.8 Å². The normalized spacial score (nSPS) is 12.6. The van der Waals surface area contributed by atoms with E-state index in [4.69, 9.17) is 34.8 Å². The maximum atomic E-state index is 11.8. The van der Waals surface area contributed by atoms with Crippen LogP contribution in [0.2, 0.25) is 15.1 Å². The van der Waals surface area contributed by atoms with E-state index < -0.39 is 5.97 Å². The molecule has 0 saturated carbocycles. The van der Waals surface area contributed by atoms with Crippen molar-refractivity contribution in [1.29, 1.82) is 0 Å². The molecule has 2 aromatic carbocycles. The number of nitrogens with one attached hydrogen (secondary N) is 1. The molecule has 0 fully saturated rings. The van der Waals surface area contributed by atoms with Crippen LogP contribution in [0.1, 0.15) is 21.6 Å². The number of halogens is 3. The number of aromatic carboxylic acids is 1. The lowest BCUT2D eigenvalue weighted by atomic mass is 9.87. The number of aryl methyl sites for hydroxylation is 1. The minimum absolute atomic E-state index is 0.145. The van der Waals surface area contributed by atoms with Gasteiger partial charge in [-0.15, -0.1) is 0 Å². The fourth-order valence-electron chi connectivity index (χ4n) is 3.47. The van der Waals surface area contributed by atoms with Gasteiger partial charge in [0, 0.05) is 26.2 Å². The molecule has 0 bridgehead atoms. The molecule has 4 rings (SSSR count). The Bertz CT molecular complexity index is 1000. The van der Waals surface area contributed by atoms with E-state index in [2.05, 4.69) is 4.98 Å². The van der Waals surface area contributed by atoms with Crippen LogP contribution in [-0.2, 0) is 12.8 Å². The number of carbonyl (C=O) groups is 1. The van der Waals surface area contributed by atoms with Crippen LogP contribution in [0.3, 0.4) is 0 Å². The van der Waals surface area contributed by atoms with Gasteiger partial charge in [-0.25, -0.2) is 4.79 Å². The molecule has 0 amide bonds. The summed E-state index contributed by atoms with van der Waals surface area (Å²) in [7, 11) is 0. The number of fused-ring (bicyclic) bond motifs is 3. The summed E-state index contributed by atoms with van der Waals surface area (Å²) in [6.07, 6.45) is 1.51. The van der Waals surface area contributed by atoms with Crippen LogP contribution >= 0.6 is 34.8 Å². The Hall–Kier alpha value is -1.94. The fraction of sp³-hybridized carbons (Fsp3) is 0.105. The van der Waals surface area contributed by atoms with Crippen molar-refractivity contribution in [3.8, 4) is 22.4 Å². The van der Waals surface area contributed by atoms with Gasteiger partial charge in [0.1, 0.15) is 5.69 Å². The molecule has 0 unspecified atom stereocenters. The van der Waals surface area contributed by atoms with Gasteiger partial charge in [0.25, 0.3) is 0 Å². The van der Waals surface area contributed by atoms with Gasteiger partial charge in [-0.05, 0) is 59.9 Å². The van der Waals surface area contributed by atoms with Crippen LogP contribution < -0.4 is 0 Å². The average molecular weight is 393 g/mol. The van der Waals surface area contributed by atoms with Gasteiger partial charge < -0.3 is 10.1 Å². The molecule has 1 aliphatic rings. The minimum atomic E-state index is -1.02. The Morgan fingerprint density at radius 3 is 2.36 bits per heavy atom. The van der Waals surface area contributed by atoms with E-state index in [0.29, 0.717) is 32.6 Å². The third-order valence-electron chi connectivity index (χ3n) is 4.45. The molecule has 3 aromatic rings. The maximum Gasteiger partial charge on any atom is 0.352 e. The highest BCUT2D eigenvalue weighted by molar-refractivity contribution is 6.35. The van der Waals surface area contributed by atoms with Crippen LogP contribution in [0, 0.1) is 0 Å². The zero-order valence-electron chi connectivity index (χ0n) is 12.9. The van der Waals surface area contributed by atoms with Gasteiger partial charge in [0.05, 0.1) is 5.69 Å². The lowest BCUT2D eigenvalue weighted by molar-refractivity contribution is 0.0692. The van der Waals surface area contributed by atoms with Gasteiger partial charge >= 0.3 is 5.97 Å². The molecule has 3 nitrogen and oxygen atoms in total. The molecule has 0 aliphatic heterocycles. The Morgan fingerprint density at radius 1 is 0.960 bits per heavy atom. The van der Waals surface area contributed by atoms with E-state index in [1.54, 1.807) is 18.2 Å². The van der Waals surface area contributed by atoms with E-state index in [0.717, 1.165) is 28.8 Å². The van der Waals surface area contributed by atoms with Crippen LogP contribution in [0.4, 0.5) is 0 Å². The van der Waals surface area contributed by atoms with Crippen molar-refractivity contribution in [2.75, 3.05) is 0 Å². The summed E-state index contributed by atoms with van der Waals surface area (Å²) in [6, 6.07) is 10.8. The standard InChI is InChI=1S/C19H12Cl3NO2/c20-11-2-4-14-9(5-11)1-3-15-16(18(19(24)25)23-17(14)15)10-6-12(21)8-13(22)7-10/h2,4-8,23H,1,3H2,(H,24,25). The summed E-state index contributed by atoms with van der Waals surface area (Å²) in [5.41, 5.74) is 5.36. The molecule has 6 heteroatoms. The lowest BCUT2D eigenvalue weighted by Crippen LogP contribution is -2.03. The second-order valence-electron chi connectivity index (χ2n) is 5.99. The summed E-state index contributed by atoms with van der Waals surface area (Å²) >= 11 is 18.3. The minimum Gasteiger partial charge on any atom is -0.477 e. The first-order valence-corrected chi connectivity index (χ1v) is 8.81. The number of hydrogen-bond acceptors (Lipinski definition) is 1. The molecule has 126 valence electrons. The van der Waals surface area contributed by atoms with E-state index in [1.165, 1.54) is 0 Å². The summed E-state index contributed by atoms with van der Waals surface area (Å²) in [4.78, 5) is 14.9. The van der Waals surface area contributed by atoms with Crippen LogP contribution in [-0.4, -0.2) is 16.1 Å². The molecule has 0 spiro atoms. The molecular weight excluding hydrogens is 381 g/mol. The zero-order valence-corrected chi connectivity index (χ0v) is 15.1. The zero-order chi connectivity index (χ0) is 17.7. The van der Waals surface area contributed by atoms with Crippen molar-refractivity contribution in [3.63, 3.8) is 0 Å². The number of H-pyrrole nitrogens is 1. The predicted molar refractivity (Wildman–Crippen MR) is 101 cm³/mol. The van der Waals surface area contributed by atoms with Gasteiger partial charge in [-0.3, -0.25) is 0 Å². The Kier molecular flexibility index (Phi) is 4.03. The average Bonchev–Trinajstić information content (AvgIpc) is 2.93. The summed E-state index contributed by atoms with van der Waals surface area (Å²) in [5.74, 6) is -1.02. The lowest BCUT2D eigenvalue weighted by Gasteiger charge is -2.18. The first-order chi connectivity index (χ1) is 11.9. The molecule has 0 saturated heterocycles. The highest BCUT2D eigenvalue weighted by atomic mass is 35.5. The molecule has 1 aliphatic carbocycles. The highest BCUT2D eigenvalue weighted by Crippen LogP contribution is 2.42. The van der Waals surface area contributed by atoms with Gasteiger partial charge in [-0.1, -0.05) is 40.9 Å². The van der Waals surface area contributed by atoms with Crippen molar-refractivity contribution in [3.05, 3.63) is 68.3 Å². The predicted octanol–water partition coefficient (Wildman–Crippen LogP) is 6.11. The van der Waals surface area contributed by atoms with Crippen LogP contribution in [0.5, 0.6) is 0 Å². The van der Waals surface area contributed by atoms with Crippen molar-refractivity contribution in [1.82, 2.24) is 4.98 Å². The van der Waals surface area contributed by atoms with Gasteiger partial charge in [0.2, 0.25) is 0 Å². The van der Waals surface area contributed by atoms with Crippen molar-refractivity contribution >= 4 is 40.8 Å². The monoisotopic (exact) mass is 391 g/mol. The number of carboxylic acid groups (broad SMARTS) is 1. The number of aromatic nitrogens is 1. The van der Waals surface area contributed by atoms with E-state index in [1.807, 2.05) is 18.2 Å². The number of hydrogen-bond donors (Lipinski definition) is 2. The summed E-state index contributed by atoms with van der Waals surface area (Å²) < 4.78 is 0. The number of rotatable bonds is 2. The van der Waals surface area contributed by atoms with Crippen molar-refractivity contribution < 1.29 is 9.90 Å². The Balaban J connectivity index is 2.00. The second-order valence-corrected chi connectivity index (χ2v) is 7.30. The van der Waals surface area contributed by atoms with E-state index in [-0.39, 0.29) is 5.69 Å². The van der Waals surface area contributed by atoms with Crippen LogP contribution in [0.25, 0.3) is 22.4 Å². The van der Waals surface area contributed by atoms with Crippen LogP contribution in [0.15, 0.2) is 36.4 Å². The van der Waals surface area contributed by atoms with E-state index >= 15 is 0 Å². The quantitative estimate of drug-likeness (QED) is 0.553. The SMILES string of the molecule is O=C(O)c1[nH]c2c(c1-c1cc(Cl)cc(Cl)c1)CCc1cc(Cl)ccc1-2. The second kappa shape index (κ2) is 6.10. The van der Waals surface area contributed by atoms with Gasteiger partial charge in [0.15, 0.2) is 0 Å². The largest absolute Gasteiger partial charge is 0.477 e. The molecule has 0 radical (unpaired) electrons. The maximum absolute atomic E-state index is 11.8. The smallest absolute Gasteiger partial charge is 0.352 e. The molecule has 1 heterocycles. The Labute approximate surface area is 159 Å². The first kappa shape index (κ1) is 16.5.